The van der Waals surface area contributed by atoms with Gasteiger partial charge in [0.05, 0.1) is 6.20 Å². The SMILES string of the molecule is CCCn1cc(CNc2nnc([C@@H]3COc4ccccc4O3)o2)cn1. The van der Waals surface area contributed by atoms with Crippen molar-refractivity contribution in [3.63, 3.8) is 0 Å². The molecule has 1 atom stereocenters. The second kappa shape index (κ2) is 6.84. The summed E-state index contributed by atoms with van der Waals surface area (Å²) in [6, 6.07) is 7.86. The third-order valence-electron chi connectivity index (χ3n) is 3.81. The Labute approximate surface area is 144 Å². The third-order valence-corrected chi connectivity index (χ3v) is 3.81. The average Bonchev–Trinajstić information content (AvgIpc) is 3.29. The monoisotopic (exact) mass is 341 g/mol. The Morgan fingerprint density at radius 1 is 1.24 bits per heavy atom. The van der Waals surface area contributed by atoms with Gasteiger partial charge in [-0.3, -0.25) is 4.68 Å². The van der Waals surface area contributed by atoms with Crippen molar-refractivity contribution < 1.29 is 13.9 Å². The van der Waals surface area contributed by atoms with Gasteiger partial charge in [-0.1, -0.05) is 24.2 Å². The molecule has 0 radical (unpaired) electrons. The average molecular weight is 341 g/mol. The minimum atomic E-state index is -0.412. The van der Waals surface area contributed by atoms with Gasteiger partial charge in [-0.05, 0) is 18.6 Å². The highest BCUT2D eigenvalue weighted by Crippen LogP contribution is 2.35. The maximum absolute atomic E-state index is 5.86. The molecule has 1 aliphatic heterocycles. The fraction of sp³-hybridized carbons (Fsp3) is 0.353. The molecular weight excluding hydrogens is 322 g/mol. The molecular formula is C17H19N5O3. The van der Waals surface area contributed by atoms with Crippen LogP contribution in [0.25, 0.3) is 0 Å². The number of fused-ring (bicyclic) bond motifs is 1. The van der Waals surface area contributed by atoms with E-state index in [1.807, 2.05) is 41.3 Å². The van der Waals surface area contributed by atoms with Crippen LogP contribution in [-0.2, 0) is 13.1 Å². The van der Waals surface area contributed by atoms with Crippen LogP contribution in [0.3, 0.4) is 0 Å². The van der Waals surface area contributed by atoms with E-state index in [1.54, 1.807) is 0 Å². The number of nitrogens with one attached hydrogen (secondary N) is 1. The van der Waals surface area contributed by atoms with Crippen molar-refractivity contribution in [1.29, 1.82) is 0 Å². The van der Waals surface area contributed by atoms with Crippen LogP contribution in [0.1, 0.15) is 30.9 Å². The summed E-state index contributed by atoms with van der Waals surface area (Å²) < 4.78 is 19.1. The molecule has 1 aromatic carbocycles. The van der Waals surface area contributed by atoms with Gasteiger partial charge in [0.2, 0.25) is 6.10 Å². The van der Waals surface area contributed by atoms with Gasteiger partial charge in [-0.25, -0.2) is 0 Å². The molecule has 8 nitrogen and oxygen atoms in total. The van der Waals surface area contributed by atoms with Crippen LogP contribution in [0.15, 0.2) is 41.1 Å². The fourth-order valence-electron chi connectivity index (χ4n) is 2.60. The van der Waals surface area contributed by atoms with Crippen molar-refractivity contribution in [1.82, 2.24) is 20.0 Å². The quantitative estimate of drug-likeness (QED) is 0.737. The summed E-state index contributed by atoms with van der Waals surface area (Å²) in [4.78, 5) is 0. The molecule has 0 spiro atoms. The Balaban J connectivity index is 1.37. The molecule has 0 fully saturated rings. The van der Waals surface area contributed by atoms with Crippen LogP contribution in [0.5, 0.6) is 11.5 Å². The highest BCUT2D eigenvalue weighted by atomic mass is 16.6. The van der Waals surface area contributed by atoms with Crippen molar-refractivity contribution >= 4 is 6.01 Å². The van der Waals surface area contributed by atoms with Gasteiger partial charge in [-0.15, -0.1) is 5.10 Å². The Kier molecular flexibility index (Phi) is 4.24. The Morgan fingerprint density at radius 3 is 3.00 bits per heavy atom. The normalized spacial score (nSPS) is 16.0. The smallest absolute Gasteiger partial charge is 0.315 e. The molecule has 0 amide bonds. The molecule has 2 aromatic heterocycles. The van der Waals surface area contributed by atoms with Crippen molar-refractivity contribution in [2.45, 2.75) is 32.5 Å². The largest absolute Gasteiger partial charge is 0.485 e. The second-order valence-electron chi connectivity index (χ2n) is 5.77. The summed E-state index contributed by atoms with van der Waals surface area (Å²) >= 11 is 0. The third kappa shape index (κ3) is 3.42. The van der Waals surface area contributed by atoms with Crippen LogP contribution in [0.2, 0.25) is 0 Å². The Bertz CT molecular complexity index is 844. The van der Waals surface area contributed by atoms with Crippen LogP contribution < -0.4 is 14.8 Å². The van der Waals surface area contributed by atoms with Gasteiger partial charge in [-0.2, -0.15) is 5.10 Å². The highest BCUT2D eigenvalue weighted by Gasteiger charge is 2.27. The van der Waals surface area contributed by atoms with Crippen LogP contribution in [-0.4, -0.2) is 26.6 Å². The van der Waals surface area contributed by atoms with E-state index >= 15 is 0 Å². The first-order valence-corrected chi connectivity index (χ1v) is 8.29. The van der Waals surface area contributed by atoms with E-state index in [4.69, 9.17) is 13.9 Å². The summed E-state index contributed by atoms with van der Waals surface area (Å²) in [5, 5.41) is 15.5. The van der Waals surface area contributed by atoms with E-state index < -0.39 is 6.10 Å². The lowest BCUT2D eigenvalue weighted by Crippen LogP contribution is -2.21. The van der Waals surface area contributed by atoms with Gasteiger partial charge in [0.25, 0.3) is 5.89 Å². The maximum atomic E-state index is 5.86. The number of anilines is 1. The van der Waals surface area contributed by atoms with Crippen molar-refractivity contribution in [3.8, 4) is 11.5 Å². The molecule has 130 valence electrons. The lowest BCUT2D eigenvalue weighted by molar-refractivity contribution is 0.0717. The van der Waals surface area contributed by atoms with Crippen molar-refractivity contribution in [2.24, 2.45) is 0 Å². The predicted molar refractivity (Wildman–Crippen MR) is 89.4 cm³/mol. The number of hydrogen-bond donors (Lipinski definition) is 1. The number of hydrogen-bond acceptors (Lipinski definition) is 7. The van der Waals surface area contributed by atoms with E-state index in [2.05, 4.69) is 27.5 Å². The van der Waals surface area contributed by atoms with Crippen LogP contribution in [0.4, 0.5) is 6.01 Å². The van der Waals surface area contributed by atoms with Crippen molar-refractivity contribution in [2.75, 3.05) is 11.9 Å². The molecule has 8 heteroatoms. The summed E-state index contributed by atoms with van der Waals surface area (Å²) in [7, 11) is 0. The minimum absolute atomic E-state index is 0.336. The number of aryl methyl sites for hydroxylation is 1. The molecule has 3 aromatic rings. The topological polar surface area (TPSA) is 87.2 Å². The van der Waals surface area contributed by atoms with E-state index in [0.717, 1.165) is 24.3 Å². The van der Waals surface area contributed by atoms with Crippen molar-refractivity contribution in [3.05, 3.63) is 48.1 Å². The molecule has 0 bridgehead atoms. The highest BCUT2D eigenvalue weighted by molar-refractivity contribution is 5.41. The molecule has 0 saturated carbocycles. The molecule has 1 N–H and O–H groups in total. The van der Waals surface area contributed by atoms with E-state index in [9.17, 15) is 0 Å². The zero-order valence-electron chi connectivity index (χ0n) is 13.9. The Hall–Kier alpha value is -3.03. The molecule has 1 aliphatic rings. The first kappa shape index (κ1) is 15.5. The molecule has 0 unspecified atom stereocenters. The number of rotatable bonds is 6. The lowest BCUT2D eigenvalue weighted by atomic mass is 10.2. The predicted octanol–water partition coefficient (Wildman–Crippen LogP) is 2.80. The first-order chi connectivity index (χ1) is 12.3. The van der Waals surface area contributed by atoms with Gasteiger partial charge in [0.15, 0.2) is 11.5 Å². The second-order valence-corrected chi connectivity index (χ2v) is 5.77. The number of benzene rings is 1. The van der Waals surface area contributed by atoms with Gasteiger partial charge in [0, 0.05) is 24.8 Å². The molecule has 0 aliphatic carbocycles. The first-order valence-electron chi connectivity index (χ1n) is 8.29. The molecule has 25 heavy (non-hydrogen) atoms. The number of ether oxygens (including phenoxy) is 2. The minimum Gasteiger partial charge on any atom is -0.485 e. The number of aromatic nitrogens is 4. The van der Waals surface area contributed by atoms with Crippen LogP contribution >= 0.6 is 0 Å². The Morgan fingerprint density at radius 2 is 2.12 bits per heavy atom. The van der Waals surface area contributed by atoms with E-state index in [0.29, 0.717) is 30.8 Å². The summed E-state index contributed by atoms with van der Waals surface area (Å²) in [6.45, 7) is 3.93. The van der Waals surface area contributed by atoms with Crippen LogP contribution in [0, 0.1) is 0 Å². The molecule has 0 saturated heterocycles. The number of para-hydroxylation sites is 2. The van der Waals surface area contributed by atoms with Gasteiger partial charge < -0.3 is 19.2 Å². The molecule has 3 heterocycles. The summed E-state index contributed by atoms with van der Waals surface area (Å²) in [6.07, 6.45) is 4.47. The number of nitrogens with zero attached hydrogens (tertiary/aromatic N) is 4. The van der Waals surface area contributed by atoms with Gasteiger partial charge >= 0.3 is 6.01 Å². The summed E-state index contributed by atoms with van der Waals surface area (Å²) in [5.74, 6) is 1.79. The fourth-order valence-corrected chi connectivity index (χ4v) is 2.60. The zero-order valence-corrected chi connectivity index (χ0v) is 13.9. The zero-order chi connectivity index (χ0) is 17.1. The van der Waals surface area contributed by atoms with E-state index in [-0.39, 0.29) is 0 Å². The lowest BCUT2D eigenvalue weighted by Gasteiger charge is -2.23. The standard InChI is InChI=1S/C17H19N5O3/c1-2-7-22-10-12(9-19-22)8-18-17-21-20-16(25-17)15-11-23-13-5-3-4-6-14(13)24-15/h3-6,9-10,15H,2,7-8,11H2,1H3,(H,18,21)/t15-/m0/s1. The summed E-state index contributed by atoms with van der Waals surface area (Å²) in [5.41, 5.74) is 1.05. The van der Waals surface area contributed by atoms with E-state index in [1.165, 1.54) is 0 Å². The maximum Gasteiger partial charge on any atom is 0.315 e. The molecule has 4 rings (SSSR count). The van der Waals surface area contributed by atoms with Gasteiger partial charge in [0.1, 0.15) is 6.61 Å².